The monoisotopic (exact) mass is 398 g/mol. The van der Waals surface area contributed by atoms with Crippen LogP contribution in [0.3, 0.4) is 0 Å². The predicted octanol–water partition coefficient (Wildman–Crippen LogP) is 5.39. The summed E-state index contributed by atoms with van der Waals surface area (Å²) in [7, 11) is 0. The molecule has 0 saturated heterocycles. The van der Waals surface area contributed by atoms with E-state index in [-0.39, 0.29) is 18.5 Å². The summed E-state index contributed by atoms with van der Waals surface area (Å²) in [6.07, 6.45) is 7.96. The first-order valence-corrected chi connectivity index (χ1v) is 9.76. The lowest BCUT2D eigenvalue weighted by Gasteiger charge is -2.20. The fourth-order valence-corrected chi connectivity index (χ4v) is 3.87. The van der Waals surface area contributed by atoms with E-state index in [1.807, 2.05) is 48.8 Å². The molecule has 0 fully saturated rings. The highest BCUT2D eigenvalue weighted by atomic mass is 19.1. The van der Waals surface area contributed by atoms with Crippen LogP contribution in [0, 0.1) is 5.82 Å². The van der Waals surface area contributed by atoms with Crippen LogP contribution in [0.4, 0.5) is 4.39 Å². The molecular formula is C25H19FN2O2. The smallest absolute Gasteiger partial charge is 0.231 e. The maximum atomic E-state index is 14.2. The Morgan fingerprint density at radius 1 is 0.833 bits per heavy atom. The van der Waals surface area contributed by atoms with Crippen LogP contribution in [0.15, 0.2) is 85.5 Å². The van der Waals surface area contributed by atoms with Gasteiger partial charge >= 0.3 is 0 Å². The third kappa shape index (κ3) is 3.62. The van der Waals surface area contributed by atoms with Crippen molar-refractivity contribution in [3.05, 3.63) is 108 Å². The van der Waals surface area contributed by atoms with Crippen molar-refractivity contribution in [2.75, 3.05) is 6.79 Å². The number of aromatic nitrogens is 2. The van der Waals surface area contributed by atoms with E-state index in [1.54, 1.807) is 18.5 Å². The summed E-state index contributed by atoms with van der Waals surface area (Å²) in [6, 6.07) is 18.7. The van der Waals surface area contributed by atoms with Gasteiger partial charge in [0.15, 0.2) is 11.5 Å². The topological polar surface area (TPSA) is 44.2 Å². The van der Waals surface area contributed by atoms with E-state index >= 15 is 0 Å². The zero-order chi connectivity index (χ0) is 20.3. The molecule has 5 heteroatoms. The molecule has 1 aliphatic heterocycles. The number of halogens is 1. The second-order valence-corrected chi connectivity index (χ2v) is 7.20. The molecule has 30 heavy (non-hydrogen) atoms. The Hall–Kier alpha value is -3.73. The van der Waals surface area contributed by atoms with Crippen molar-refractivity contribution in [1.82, 2.24) is 9.97 Å². The summed E-state index contributed by atoms with van der Waals surface area (Å²) in [4.78, 5) is 8.59. The highest BCUT2D eigenvalue weighted by molar-refractivity contribution is 5.71. The average Bonchev–Trinajstić information content (AvgIpc) is 3.27. The van der Waals surface area contributed by atoms with E-state index in [2.05, 4.69) is 22.1 Å². The Morgan fingerprint density at radius 3 is 2.27 bits per heavy atom. The lowest BCUT2D eigenvalue weighted by Crippen LogP contribution is -2.07. The molecule has 0 bridgehead atoms. The van der Waals surface area contributed by atoms with Crippen LogP contribution in [0.5, 0.6) is 11.5 Å². The van der Waals surface area contributed by atoms with Crippen LogP contribution >= 0.6 is 0 Å². The van der Waals surface area contributed by atoms with Crippen molar-refractivity contribution in [3.63, 3.8) is 0 Å². The fourth-order valence-electron chi connectivity index (χ4n) is 3.87. The first kappa shape index (κ1) is 18.3. The maximum absolute atomic E-state index is 14.2. The van der Waals surface area contributed by atoms with E-state index in [9.17, 15) is 4.39 Å². The summed E-state index contributed by atoms with van der Waals surface area (Å²) in [6.45, 7) is 0.207. The van der Waals surface area contributed by atoms with Crippen LogP contribution in [0.25, 0.3) is 11.1 Å². The fraction of sp³-hybridized carbons (Fsp3) is 0.120. The number of nitrogens with zero attached hydrogens (tertiary/aromatic N) is 2. The zero-order valence-electron chi connectivity index (χ0n) is 16.2. The summed E-state index contributed by atoms with van der Waals surface area (Å²) >= 11 is 0. The van der Waals surface area contributed by atoms with Crippen LogP contribution in [0.2, 0.25) is 0 Å². The normalized spacial score (nSPS) is 12.3. The van der Waals surface area contributed by atoms with E-state index < -0.39 is 0 Å². The van der Waals surface area contributed by atoms with Crippen LogP contribution in [-0.4, -0.2) is 16.8 Å². The molecule has 3 heterocycles. The minimum atomic E-state index is -0.272. The van der Waals surface area contributed by atoms with E-state index in [1.165, 1.54) is 6.07 Å². The van der Waals surface area contributed by atoms with Crippen molar-refractivity contribution in [1.29, 1.82) is 0 Å². The van der Waals surface area contributed by atoms with Crippen molar-refractivity contribution in [3.8, 4) is 22.6 Å². The molecule has 0 N–H and O–H groups in total. The van der Waals surface area contributed by atoms with Gasteiger partial charge in [-0.25, -0.2) is 4.39 Å². The van der Waals surface area contributed by atoms with Crippen LogP contribution in [0.1, 0.15) is 22.6 Å². The molecule has 2 aromatic carbocycles. The Labute approximate surface area is 174 Å². The Balaban J connectivity index is 1.58. The van der Waals surface area contributed by atoms with Gasteiger partial charge in [-0.05, 0) is 70.6 Å². The molecule has 0 aliphatic carbocycles. The molecule has 1 aliphatic rings. The van der Waals surface area contributed by atoms with Gasteiger partial charge in [0.05, 0.1) is 0 Å². The predicted molar refractivity (Wildman–Crippen MR) is 112 cm³/mol. The van der Waals surface area contributed by atoms with Crippen molar-refractivity contribution < 1.29 is 13.9 Å². The highest BCUT2D eigenvalue weighted by Crippen LogP contribution is 2.38. The number of benzene rings is 2. The summed E-state index contributed by atoms with van der Waals surface area (Å²) in [5, 5.41) is 0. The van der Waals surface area contributed by atoms with Crippen LogP contribution in [-0.2, 0) is 6.42 Å². The Morgan fingerprint density at radius 2 is 1.57 bits per heavy atom. The molecule has 4 aromatic rings. The van der Waals surface area contributed by atoms with Gasteiger partial charge in [0.25, 0.3) is 0 Å². The zero-order valence-corrected chi connectivity index (χ0v) is 16.2. The van der Waals surface area contributed by atoms with Gasteiger partial charge in [-0.3, -0.25) is 9.97 Å². The molecule has 0 amide bonds. The largest absolute Gasteiger partial charge is 0.454 e. The molecule has 2 aromatic heterocycles. The first-order valence-electron chi connectivity index (χ1n) is 9.76. The molecule has 0 atom stereocenters. The first-order chi connectivity index (χ1) is 14.8. The lowest BCUT2D eigenvalue weighted by atomic mass is 9.85. The molecule has 4 nitrogen and oxygen atoms in total. The SMILES string of the molecule is Fc1ccc(CC(c2cccnc2)c2cccnc2)c(-c2ccc3c(c2)OCO3)c1. The molecular weight excluding hydrogens is 379 g/mol. The van der Waals surface area contributed by atoms with Crippen molar-refractivity contribution in [2.45, 2.75) is 12.3 Å². The Kier molecular flexibility index (Phi) is 4.85. The number of fused-ring (bicyclic) bond motifs is 1. The molecule has 0 saturated carbocycles. The van der Waals surface area contributed by atoms with Gasteiger partial charge in [0.2, 0.25) is 6.79 Å². The standard InChI is InChI=1S/C25H19FN2O2/c26-21-7-5-17(23(13-21)18-6-8-24-25(12-18)30-16-29-24)11-22(19-3-1-9-27-14-19)20-4-2-10-28-15-20/h1-10,12-15,22H,11,16H2. The number of hydrogen-bond donors (Lipinski definition) is 0. The number of rotatable bonds is 5. The second-order valence-electron chi connectivity index (χ2n) is 7.20. The third-order valence-electron chi connectivity index (χ3n) is 5.35. The minimum absolute atomic E-state index is 0.0469. The van der Waals surface area contributed by atoms with Gasteiger partial charge in [0.1, 0.15) is 5.82 Å². The summed E-state index contributed by atoms with van der Waals surface area (Å²) in [5.41, 5.74) is 4.95. The van der Waals surface area contributed by atoms with E-state index in [4.69, 9.17) is 9.47 Å². The van der Waals surface area contributed by atoms with Gasteiger partial charge in [0, 0.05) is 30.7 Å². The average molecular weight is 398 g/mol. The number of pyridine rings is 2. The van der Waals surface area contributed by atoms with Crippen molar-refractivity contribution in [2.24, 2.45) is 0 Å². The molecule has 5 rings (SSSR count). The summed E-state index contributed by atoms with van der Waals surface area (Å²) < 4.78 is 25.1. The molecule has 0 radical (unpaired) electrons. The minimum Gasteiger partial charge on any atom is -0.454 e. The molecule has 0 unspecified atom stereocenters. The lowest BCUT2D eigenvalue weighted by molar-refractivity contribution is 0.174. The van der Waals surface area contributed by atoms with Gasteiger partial charge in [-0.1, -0.05) is 24.3 Å². The van der Waals surface area contributed by atoms with Gasteiger partial charge < -0.3 is 9.47 Å². The summed E-state index contributed by atoms with van der Waals surface area (Å²) in [5.74, 6) is 1.16. The van der Waals surface area contributed by atoms with Crippen molar-refractivity contribution >= 4 is 0 Å². The third-order valence-corrected chi connectivity index (χ3v) is 5.35. The van der Waals surface area contributed by atoms with Crippen LogP contribution < -0.4 is 9.47 Å². The maximum Gasteiger partial charge on any atom is 0.231 e. The molecule has 148 valence electrons. The van der Waals surface area contributed by atoms with E-state index in [0.717, 1.165) is 27.8 Å². The van der Waals surface area contributed by atoms with Gasteiger partial charge in [-0.2, -0.15) is 0 Å². The van der Waals surface area contributed by atoms with Gasteiger partial charge in [-0.15, -0.1) is 0 Å². The van der Waals surface area contributed by atoms with E-state index in [0.29, 0.717) is 17.9 Å². The second kappa shape index (κ2) is 7.95. The molecule has 0 spiro atoms. The quantitative estimate of drug-likeness (QED) is 0.452. The number of ether oxygens (including phenoxy) is 2. The Bertz CT molecular complexity index is 1130. The number of hydrogen-bond acceptors (Lipinski definition) is 4. The highest BCUT2D eigenvalue weighted by Gasteiger charge is 2.20.